The number of carbonyl (C=O) groups excluding carboxylic acids is 1. The number of aryl methyl sites for hydroxylation is 1. The van der Waals surface area contributed by atoms with Crippen LogP contribution in [0.3, 0.4) is 0 Å². The second kappa shape index (κ2) is 5.27. The third-order valence-electron chi connectivity index (χ3n) is 2.84. The zero-order chi connectivity index (χ0) is 14.0. The predicted octanol–water partition coefficient (Wildman–Crippen LogP) is 1.51. The molecule has 0 radical (unpaired) electrons. The van der Waals surface area contributed by atoms with Gasteiger partial charge in [0, 0.05) is 30.8 Å². The van der Waals surface area contributed by atoms with Crippen LogP contribution in [0.1, 0.15) is 17.2 Å². The first kappa shape index (κ1) is 13.4. The lowest BCUT2D eigenvalue weighted by Crippen LogP contribution is -2.23. The van der Waals surface area contributed by atoms with E-state index < -0.39 is 23.5 Å². The molecule has 0 aliphatic heterocycles. The van der Waals surface area contributed by atoms with Crippen LogP contribution in [0.15, 0.2) is 30.6 Å². The number of rotatable bonds is 4. The van der Waals surface area contributed by atoms with Gasteiger partial charge >= 0.3 is 0 Å². The Hall–Kier alpha value is -2.08. The average Bonchev–Trinajstić information content (AvgIpc) is 2.79. The molecule has 2 aromatic rings. The molecule has 19 heavy (non-hydrogen) atoms. The Labute approximate surface area is 108 Å². The van der Waals surface area contributed by atoms with Crippen molar-refractivity contribution >= 4 is 5.78 Å². The normalized spacial score (nSPS) is 12.4. The third-order valence-corrected chi connectivity index (χ3v) is 2.84. The lowest BCUT2D eigenvalue weighted by Gasteiger charge is -2.09. The maximum Gasteiger partial charge on any atom is 0.158 e. The van der Waals surface area contributed by atoms with E-state index in [-0.39, 0.29) is 12.0 Å². The van der Waals surface area contributed by atoms with Crippen LogP contribution in [0.5, 0.6) is 0 Å². The molecule has 0 bridgehead atoms. The Morgan fingerprint density at radius 3 is 2.58 bits per heavy atom. The van der Waals surface area contributed by atoms with Crippen LogP contribution in [0.25, 0.3) is 0 Å². The molecule has 1 aromatic carbocycles. The summed E-state index contributed by atoms with van der Waals surface area (Å²) < 4.78 is 28.4. The molecule has 1 aromatic heterocycles. The van der Waals surface area contributed by atoms with Crippen molar-refractivity contribution in [3.05, 3.63) is 53.4 Å². The maximum absolute atomic E-state index is 13.4. The topological polar surface area (TPSA) is 60.9 Å². The summed E-state index contributed by atoms with van der Waals surface area (Å²) >= 11 is 0. The summed E-state index contributed by atoms with van der Waals surface area (Å²) in [5.41, 5.74) is 6.01. The van der Waals surface area contributed by atoms with E-state index in [4.69, 9.17) is 5.73 Å². The molecule has 2 rings (SSSR count). The van der Waals surface area contributed by atoms with E-state index in [1.165, 1.54) is 16.9 Å². The Balaban J connectivity index is 2.17. The first-order valence-corrected chi connectivity index (χ1v) is 5.68. The van der Waals surface area contributed by atoms with Crippen LogP contribution < -0.4 is 5.73 Å². The lowest BCUT2D eigenvalue weighted by molar-refractivity contribution is -0.119. The van der Waals surface area contributed by atoms with Gasteiger partial charge in [-0.15, -0.1) is 0 Å². The molecule has 0 saturated carbocycles. The van der Waals surface area contributed by atoms with Gasteiger partial charge < -0.3 is 5.73 Å². The summed E-state index contributed by atoms with van der Waals surface area (Å²) in [4.78, 5) is 11.9. The largest absolute Gasteiger partial charge is 0.318 e. The molecule has 0 spiro atoms. The number of halogens is 2. The predicted molar refractivity (Wildman–Crippen MR) is 65.2 cm³/mol. The molecule has 0 fully saturated rings. The van der Waals surface area contributed by atoms with Crippen LogP contribution >= 0.6 is 0 Å². The minimum atomic E-state index is -0.937. The third kappa shape index (κ3) is 2.85. The van der Waals surface area contributed by atoms with E-state index in [1.54, 1.807) is 13.2 Å². The molecule has 1 atom stereocenters. The van der Waals surface area contributed by atoms with Crippen LogP contribution in [-0.4, -0.2) is 15.6 Å². The average molecular weight is 265 g/mol. The van der Waals surface area contributed by atoms with Crippen molar-refractivity contribution in [3.8, 4) is 0 Å². The number of ketones is 1. The van der Waals surface area contributed by atoms with Gasteiger partial charge in [0.05, 0.1) is 12.2 Å². The Bertz CT molecular complexity index is 589. The van der Waals surface area contributed by atoms with E-state index >= 15 is 0 Å². The summed E-state index contributed by atoms with van der Waals surface area (Å²) in [6.45, 7) is 0. The molecule has 0 amide bonds. The van der Waals surface area contributed by atoms with E-state index in [2.05, 4.69) is 5.10 Å². The first-order valence-electron chi connectivity index (χ1n) is 5.68. The molecule has 1 heterocycles. The van der Waals surface area contributed by atoms with Crippen molar-refractivity contribution in [2.75, 3.05) is 0 Å². The molecule has 2 N–H and O–H groups in total. The van der Waals surface area contributed by atoms with Crippen LogP contribution in [0.4, 0.5) is 8.78 Å². The number of aromatic nitrogens is 2. The number of benzene rings is 1. The minimum absolute atomic E-state index is 0.258. The van der Waals surface area contributed by atoms with E-state index in [1.807, 2.05) is 0 Å². The summed E-state index contributed by atoms with van der Waals surface area (Å²) in [5, 5.41) is 3.90. The highest BCUT2D eigenvalue weighted by atomic mass is 19.1. The SMILES string of the molecule is Cn1cc(C(N)C(=O)Cc2c(F)cccc2F)cn1. The zero-order valence-corrected chi connectivity index (χ0v) is 10.3. The molecule has 0 aliphatic rings. The van der Waals surface area contributed by atoms with Gasteiger partial charge in [-0.25, -0.2) is 8.78 Å². The van der Waals surface area contributed by atoms with Crippen molar-refractivity contribution in [1.29, 1.82) is 0 Å². The molecule has 1 unspecified atom stereocenters. The van der Waals surface area contributed by atoms with Crippen molar-refractivity contribution in [3.63, 3.8) is 0 Å². The lowest BCUT2D eigenvalue weighted by atomic mass is 10.00. The van der Waals surface area contributed by atoms with Gasteiger partial charge in [0.1, 0.15) is 11.6 Å². The van der Waals surface area contributed by atoms with Gasteiger partial charge in [0.15, 0.2) is 5.78 Å². The standard InChI is InChI=1S/C13H13F2N3O/c1-18-7-8(6-17-18)13(16)12(19)5-9-10(14)3-2-4-11(9)15/h2-4,6-7,13H,5,16H2,1H3. The second-order valence-electron chi connectivity index (χ2n) is 4.27. The highest BCUT2D eigenvalue weighted by molar-refractivity contribution is 5.87. The Morgan fingerprint density at radius 2 is 2.05 bits per heavy atom. The van der Waals surface area contributed by atoms with Crippen molar-refractivity contribution < 1.29 is 13.6 Å². The Kier molecular flexibility index (Phi) is 3.71. The summed E-state index contributed by atoms with van der Waals surface area (Å²) in [6.07, 6.45) is 2.68. The number of carbonyl (C=O) groups is 1. The smallest absolute Gasteiger partial charge is 0.158 e. The number of nitrogens with zero attached hydrogens (tertiary/aromatic N) is 2. The minimum Gasteiger partial charge on any atom is -0.318 e. The quantitative estimate of drug-likeness (QED) is 0.911. The van der Waals surface area contributed by atoms with E-state index in [0.29, 0.717) is 5.56 Å². The summed E-state index contributed by atoms with van der Waals surface area (Å²) in [6, 6.07) is 2.54. The first-order chi connectivity index (χ1) is 8.99. The maximum atomic E-state index is 13.4. The monoisotopic (exact) mass is 265 g/mol. The highest BCUT2D eigenvalue weighted by Crippen LogP contribution is 2.17. The number of nitrogens with two attached hydrogens (primary N) is 1. The molecule has 100 valence electrons. The van der Waals surface area contributed by atoms with E-state index in [9.17, 15) is 13.6 Å². The molecular formula is C13H13F2N3O. The van der Waals surface area contributed by atoms with Crippen LogP contribution in [0.2, 0.25) is 0 Å². The van der Waals surface area contributed by atoms with Gasteiger partial charge in [0.25, 0.3) is 0 Å². The van der Waals surface area contributed by atoms with Crippen molar-refractivity contribution in [2.45, 2.75) is 12.5 Å². The van der Waals surface area contributed by atoms with Crippen molar-refractivity contribution in [1.82, 2.24) is 9.78 Å². The molecule has 0 aliphatic carbocycles. The second-order valence-corrected chi connectivity index (χ2v) is 4.27. The van der Waals surface area contributed by atoms with Gasteiger partial charge in [-0.3, -0.25) is 9.48 Å². The fourth-order valence-electron chi connectivity index (χ4n) is 1.77. The zero-order valence-electron chi connectivity index (χ0n) is 10.3. The van der Waals surface area contributed by atoms with Crippen molar-refractivity contribution in [2.24, 2.45) is 12.8 Å². The number of hydrogen-bond donors (Lipinski definition) is 1. The summed E-state index contributed by atoms with van der Waals surface area (Å²) in [5.74, 6) is -1.95. The van der Waals surface area contributed by atoms with Crippen LogP contribution in [-0.2, 0) is 18.3 Å². The highest BCUT2D eigenvalue weighted by Gasteiger charge is 2.20. The van der Waals surface area contributed by atoms with Gasteiger partial charge in [-0.1, -0.05) is 6.07 Å². The number of hydrogen-bond acceptors (Lipinski definition) is 3. The number of Topliss-reactive ketones (excluding diaryl/α,β-unsaturated/α-hetero) is 1. The molecule has 6 heteroatoms. The Morgan fingerprint density at radius 1 is 1.42 bits per heavy atom. The molecule has 0 saturated heterocycles. The summed E-state index contributed by atoms with van der Waals surface area (Å²) in [7, 11) is 1.69. The van der Waals surface area contributed by atoms with Gasteiger partial charge in [-0.2, -0.15) is 5.10 Å². The molecular weight excluding hydrogens is 252 g/mol. The van der Waals surface area contributed by atoms with Crippen LogP contribution in [0, 0.1) is 11.6 Å². The fraction of sp³-hybridized carbons (Fsp3) is 0.231. The van der Waals surface area contributed by atoms with Gasteiger partial charge in [0.2, 0.25) is 0 Å². The van der Waals surface area contributed by atoms with Gasteiger partial charge in [-0.05, 0) is 12.1 Å². The fourth-order valence-corrected chi connectivity index (χ4v) is 1.77. The van der Waals surface area contributed by atoms with E-state index in [0.717, 1.165) is 12.1 Å². The molecule has 4 nitrogen and oxygen atoms in total.